The largest absolute Gasteiger partial charge is 0.396 e. The van der Waals surface area contributed by atoms with E-state index in [1.807, 2.05) is 18.7 Å². The lowest BCUT2D eigenvalue weighted by Crippen LogP contribution is -2.38. The number of carbonyl (C=O) groups excluding carboxylic acids is 1. The Labute approximate surface area is 105 Å². The number of aromatic nitrogens is 2. The van der Waals surface area contributed by atoms with Gasteiger partial charge in [-0.1, -0.05) is 0 Å². The highest BCUT2D eigenvalue weighted by atomic mass is 32.2. The zero-order valence-electron chi connectivity index (χ0n) is 9.98. The van der Waals surface area contributed by atoms with Crippen LogP contribution in [0.2, 0.25) is 0 Å². The Morgan fingerprint density at radius 3 is 3.00 bits per heavy atom. The van der Waals surface area contributed by atoms with Gasteiger partial charge in [0, 0.05) is 12.6 Å². The lowest BCUT2D eigenvalue weighted by molar-refractivity contribution is 0.0925. The van der Waals surface area contributed by atoms with Gasteiger partial charge in [0.1, 0.15) is 5.69 Å². The highest BCUT2D eigenvalue weighted by Crippen LogP contribution is 2.18. The number of hydrogen-bond acceptors (Lipinski definition) is 4. The Bertz CT molecular complexity index is 398. The quantitative estimate of drug-likeness (QED) is 0.847. The fraction of sp³-hybridized carbons (Fsp3) is 0.636. The number of nitrogen functional groups attached to an aromatic ring is 1. The molecule has 0 radical (unpaired) electrons. The summed E-state index contributed by atoms with van der Waals surface area (Å²) in [4.78, 5) is 12.1. The molecule has 0 aliphatic carbocycles. The van der Waals surface area contributed by atoms with Gasteiger partial charge in [0.05, 0.1) is 11.9 Å². The second-order valence-electron chi connectivity index (χ2n) is 4.12. The summed E-state index contributed by atoms with van der Waals surface area (Å²) in [7, 11) is 0. The van der Waals surface area contributed by atoms with Gasteiger partial charge in [-0.25, -0.2) is 0 Å². The van der Waals surface area contributed by atoms with Crippen molar-refractivity contribution in [3.8, 4) is 0 Å². The van der Waals surface area contributed by atoms with Crippen molar-refractivity contribution in [2.75, 3.05) is 17.2 Å². The topological polar surface area (TPSA) is 72.9 Å². The SMILES string of the molecule is CCn1ncc(N)c1C(=O)NC1CCSCC1. The lowest BCUT2D eigenvalue weighted by Gasteiger charge is -2.22. The van der Waals surface area contributed by atoms with Crippen LogP contribution in [0.1, 0.15) is 30.3 Å². The Balaban J connectivity index is 2.05. The minimum absolute atomic E-state index is 0.0984. The molecule has 0 unspecified atom stereocenters. The maximum absolute atomic E-state index is 12.1. The number of hydrogen-bond donors (Lipinski definition) is 2. The Morgan fingerprint density at radius 2 is 2.35 bits per heavy atom. The molecule has 3 N–H and O–H groups in total. The zero-order valence-corrected chi connectivity index (χ0v) is 10.8. The Hall–Kier alpha value is -1.17. The van der Waals surface area contributed by atoms with Crippen molar-refractivity contribution in [3.63, 3.8) is 0 Å². The third-order valence-corrected chi connectivity index (χ3v) is 3.99. The molecule has 1 aliphatic heterocycles. The van der Waals surface area contributed by atoms with Gasteiger partial charge in [-0.15, -0.1) is 0 Å². The molecule has 1 saturated heterocycles. The molecular formula is C11H18N4OS. The summed E-state index contributed by atoms with van der Waals surface area (Å²) < 4.78 is 1.64. The lowest BCUT2D eigenvalue weighted by atomic mass is 10.1. The molecule has 1 aromatic rings. The number of rotatable bonds is 3. The van der Waals surface area contributed by atoms with Crippen molar-refractivity contribution in [1.29, 1.82) is 0 Å². The summed E-state index contributed by atoms with van der Waals surface area (Å²) in [5, 5.41) is 7.12. The van der Waals surface area contributed by atoms with Gasteiger partial charge in [-0.2, -0.15) is 16.9 Å². The number of nitrogens with zero attached hydrogens (tertiary/aromatic N) is 2. The van der Waals surface area contributed by atoms with Crippen LogP contribution in [0, 0.1) is 0 Å². The maximum Gasteiger partial charge on any atom is 0.271 e. The van der Waals surface area contributed by atoms with Crippen LogP contribution in [0.15, 0.2) is 6.20 Å². The minimum atomic E-state index is -0.0984. The number of amides is 1. The first-order valence-corrected chi connectivity index (χ1v) is 7.07. The molecule has 0 bridgehead atoms. The summed E-state index contributed by atoms with van der Waals surface area (Å²) in [6.07, 6.45) is 3.61. The van der Waals surface area contributed by atoms with Crippen molar-refractivity contribution in [2.24, 2.45) is 0 Å². The number of thioether (sulfide) groups is 1. The van der Waals surface area contributed by atoms with Crippen LogP contribution in [-0.2, 0) is 6.54 Å². The minimum Gasteiger partial charge on any atom is -0.396 e. The molecule has 94 valence electrons. The second-order valence-corrected chi connectivity index (χ2v) is 5.35. The highest BCUT2D eigenvalue weighted by Gasteiger charge is 2.21. The fourth-order valence-corrected chi connectivity index (χ4v) is 3.09. The van der Waals surface area contributed by atoms with Crippen molar-refractivity contribution in [3.05, 3.63) is 11.9 Å². The highest BCUT2D eigenvalue weighted by molar-refractivity contribution is 7.99. The first-order chi connectivity index (χ1) is 8.22. The van der Waals surface area contributed by atoms with Crippen molar-refractivity contribution < 1.29 is 4.79 Å². The molecule has 1 amide bonds. The third-order valence-electron chi connectivity index (χ3n) is 2.94. The van der Waals surface area contributed by atoms with E-state index in [9.17, 15) is 4.79 Å². The maximum atomic E-state index is 12.1. The number of nitrogens with two attached hydrogens (primary N) is 1. The van der Waals surface area contributed by atoms with Crippen molar-refractivity contribution in [1.82, 2.24) is 15.1 Å². The van der Waals surface area contributed by atoms with Crippen LogP contribution in [0.25, 0.3) is 0 Å². The second kappa shape index (κ2) is 5.44. The Kier molecular flexibility index (Phi) is 3.93. The average molecular weight is 254 g/mol. The smallest absolute Gasteiger partial charge is 0.271 e. The molecule has 0 aromatic carbocycles. The fourth-order valence-electron chi connectivity index (χ4n) is 1.98. The predicted molar refractivity (Wildman–Crippen MR) is 70.1 cm³/mol. The molecule has 1 aromatic heterocycles. The Morgan fingerprint density at radius 1 is 1.65 bits per heavy atom. The van der Waals surface area contributed by atoms with E-state index in [-0.39, 0.29) is 11.9 Å². The van der Waals surface area contributed by atoms with E-state index in [2.05, 4.69) is 10.4 Å². The monoisotopic (exact) mass is 254 g/mol. The number of anilines is 1. The van der Waals surface area contributed by atoms with E-state index in [0.717, 1.165) is 24.3 Å². The van der Waals surface area contributed by atoms with Gasteiger partial charge in [0.15, 0.2) is 0 Å². The number of carbonyl (C=O) groups is 1. The van der Waals surface area contributed by atoms with Gasteiger partial charge in [-0.3, -0.25) is 9.48 Å². The summed E-state index contributed by atoms with van der Waals surface area (Å²) in [5.74, 6) is 2.14. The molecule has 0 atom stereocenters. The van der Waals surface area contributed by atoms with Crippen LogP contribution in [0.5, 0.6) is 0 Å². The van der Waals surface area contributed by atoms with Crippen molar-refractivity contribution in [2.45, 2.75) is 32.4 Å². The molecule has 1 aliphatic rings. The number of aryl methyl sites for hydroxylation is 1. The summed E-state index contributed by atoms with van der Waals surface area (Å²) in [6.45, 7) is 2.60. The van der Waals surface area contributed by atoms with Crippen LogP contribution in [0.4, 0.5) is 5.69 Å². The van der Waals surface area contributed by atoms with E-state index in [1.54, 1.807) is 4.68 Å². The average Bonchev–Trinajstić information content (AvgIpc) is 2.71. The molecule has 0 saturated carbocycles. The van der Waals surface area contributed by atoms with Crippen LogP contribution in [-0.4, -0.2) is 33.2 Å². The normalized spacial score (nSPS) is 17.0. The standard InChI is InChI=1S/C11H18N4OS/c1-2-15-10(9(12)7-13-15)11(16)14-8-3-5-17-6-4-8/h7-8H,2-6,12H2,1H3,(H,14,16). The van der Waals surface area contributed by atoms with Crippen LogP contribution >= 0.6 is 11.8 Å². The third kappa shape index (κ3) is 2.74. The van der Waals surface area contributed by atoms with Gasteiger partial charge in [0.25, 0.3) is 5.91 Å². The van der Waals surface area contributed by atoms with E-state index >= 15 is 0 Å². The van der Waals surface area contributed by atoms with E-state index in [0.29, 0.717) is 17.9 Å². The first kappa shape index (κ1) is 12.3. The van der Waals surface area contributed by atoms with Gasteiger partial charge in [0.2, 0.25) is 0 Å². The van der Waals surface area contributed by atoms with E-state index in [1.165, 1.54) is 6.20 Å². The van der Waals surface area contributed by atoms with Gasteiger partial charge >= 0.3 is 0 Å². The molecule has 17 heavy (non-hydrogen) atoms. The molecule has 1 fully saturated rings. The van der Waals surface area contributed by atoms with Crippen LogP contribution in [0.3, 0.4) is 0 Å². The first-order valence-electron chi connectivity index (χ1n) is 5.92. The summed E-state index contributed by atoms with van der Waals surface area (Å²) in [5.41, 5.74) is 6.72. The van der Waals surface area contributed by atoms with Crippen LogP contribution < -0.4 is 11.1 Å². The molecule has 2 rings (SSSR count). The molecule has 2 heterocycles. The van der Waals surface area contributed by atoms with E-state index < -0.39 is 0 Å². The predicted octanol–water partition coefficient (Wildman–Crippen LogP) is 1.11. The number of nitrogens with one attached hydrogen (secondary N) is 1. The van der Waals surface area contributed by atoms with Crippen molar-refractivity contribution >= 4 is 23.4 Å². The molecule has 6 heteroatoms. The summed E-state index contributed by atoms with van der Waals surface area (Å²) >= 11 is 1.94. The molecule has 0 spiro atoms. The molecular weight excluding hydrogens is 236 g/mol. The van der Waals surface area contributed by atoms with Gasteiger partial charge < -0.3 is 11.1 Å². The van der Waals surface area contributed by atoms with Gasteiger partial charge in [-0.05, 0) is 31.3 Å². The zero-order chi connectivity index (χ0) is 12.3. The van der Waals surface area contributed by atoms with E-state index in [4.69, 9.17) is 5.73 Å². The molecule has 5 nitrogen and oxygen atoms in total. The summed E-state index contributed by atoms with van der Waals surface area (Å²) in [6, 6.07) is 0.281.